The van der Waals surface area contributed by atoms with Crippen molar-refractivity contribution in [2.45, 2.75) is 78.6 Å². The molecule has 0 spiro atoms. The second-order valence-electron chi connectivity index (χ2n) is 6.96. The summed E-state index contributed by atoms with van der Waals surface area (Å²) in [6.45, 7) is 9.16. The molecular formula is C21H37NO2. The fourth-order valence-electron chi connectivity index (χ4n) is 2.48. The third kappa shape index (κ3) is 11.2. The van der Waals surface area contributed by atoms with Gasteiger partial charge in [0.2, 0.25) is 0 Å². The molecule has 0 fully saturated rings. The molecule has 138 valence electrons. The molecule has 0 amide bonds. The molecule has 1 rings (SSSR count). The van der Waals surface area contributed by atoms with Crippen LogP contribution >= 0.6 is 0 Å². The summed E-state index contributed by atoms with van der Waals surface area (Å²) in [7, 11) is 0. The van der Waals surface area contributed by atoms with Crippen LogP contribution in [0.15, 0.2) is 24.3 Å². The highest BCUT2D eigenvalue weighted by atomic mass is 16.4. The van der Waals surface area contributed by atoms with Crippen molar-refractivity contribution in [2.24, 2.45) is 11.7 Å². The van der Waals surface area contributed by atoms with Crippen LogP contribution in [-0.4, -0.2) is 17.6 Å². The van der Waals surface area contributed by atoms with Crippen LogP contribution in [0.1, 0.15) is 83.3 Å². The second-order valence-corrected chi connectivity index (χ2v) is 6.96. The molecule has 1 atom stereocenters. The van der Waals surface area contributed by atoms with E-state index in [0.29, 0.717) is 5.92 Å². The lowest BCUT2D eigenvalue weighted by Gasteiger charge is -2.09. The lowest BCUT2D eigenvalue weighted by atomic mass is 9.97. The normalized spacial score (nSPS) is 11.8. The van der Waals surface area contributed by atoms with E-state index < -0.39 is 11.9 Å². The van der Waals surface area contributed by atoms with E-state index in [1.165, 1.54) is 44.1 Å². The molecule has 24 heavy (non-hydrogen) atoms. The molecule has 0 saturated heterocycles. The molecule has 3 heteroatoms. The maximum atomic E-state index is 10.8. The van der Waals surface area contributed by atoms with Gasteiger partial charge in [-0.1, -0.05) is 77.1 Å². The SMILES string of the molecule is CC(C)Cc1ccc([C@H](C)C(=O)O)cc1.CCCCCCCCN. The molecule has 0 aromatic heterocycles. The Kier molecular flexibility index (Phi) is 13.2. The number of unbranched alkanes of at least 4 members (excludes halogenated alkanes) is 5. The maximum absolute atomic E-state index is 10.8. The molecule has 0 saturated carbocycles. The molecule has 0 heterocycles. The number of carboxylic acid groups (broad SMARTS) is 1. The number of rotatable bonds is 10. The van der Waals surface area contributed by atoms with Gasteiger partial charge in [0, 0.05) is 0 Å². The molecule has 0 unspecified atom stereocenters. The number of hydrogen-bond donors (Lipinski definition) is 2. The van der Waals surface area contributed by atoms with Crippen molar-refractivity contribution in [1.82, 2.24) is 0 Å². The van der Waals surface area contributed by atoms with Crippen LogP contribution in [0.5, 0.6) is 0 Å². The lowest BCUT2D eigenvalue weighted by Crippen LogP contribution is -2.07. The minimum atomic E-state index is -0.772. The standard InChI is InChI=1S/C13H18O2.C8H19N/c1-9(2)8-11-4-6-12(7-5-11)10(3)13(14)15;1-2-3-4-5-6-7-8-9/h4-7,9-10H,8H2,1-3H3,(H,14,15);2-9H2,1H3/t10-;/m0./s1. The molecule has 0 radical (unpaired) electrons. The highest BCUT2D eigenvalue weighted by Crippen LogP contribution is 2.17. The van der Waals surface area contributed by atoms with Gasteiger partial charge in [-0.25, -0.2) is 0 Å². The Labute approximate surface area is 148 Å². The van der Waals surface area contributed by atoms with E-state index in [1.807, 2.05) is 24.3 Å². The third-order valence-corrected chi connectivity index (χ3v) is 4.05. The van der Waals surface area contributed by atoms with E-state index >= 15 is 0 Å². The topological polar surface area (TPSA) is 63.3 Å². The Bertz CT molecular complexity index is 420. The molecule has 0 aliphatic carbocycles. The van der Waals surface area contributed by atoms with Crippen molar-refractivity contribution in [1.29, 1.82) is 0 Å². The fourth-order valence-corrected chi connectivity index (χ4v) is 2.48. The molecule has 1 aromatic rings. The van der Waals surface area contributed by atoms with Gasteiger partial charge in [-0.2, -0.15) is 0 Å². The van der Waals surface area contributed by atoms with Crippen molar-refractivity contribution in [3.05, 3.63) is 35.4 Å². The van der Waals surface area contributed by atoms with E-state index in [9.17, 15) is 4.79 Å². The van der Waals surface area contributed by atoms with Crippen molar-refractivity contribution in [3.63, 3.8) is 0 Å². The van der Waals surface area contributed by atoms with Crippen LogP contribution in [0.3, 0.4) is 0 Å². The maximum Gasteiger partial charge on any atom is 0.310 e. The molecule has 0 bridgehead atoms. The van der Waals surface area contributed by atoms with Crippen LogP contribution in [0, 0.1) is 5.92 Å². The van der Waals surface area contributed by atoms with E-state index in [-0.39, 0.29) is 0 Å². The van der Waals surface area contributed by atoms with E-state index in [2.05, 4.69) is 20.8 Å². The van der Waals surface area contributed by atoms with Crippen LogP contribution in [0.4, 0.5) is 0 Å². The predicted molar refractivity (Wildman–Crippen MR) is 103 cm³/mol. The Morgan fingerprint density at radius 1 is 1.00 bits per heavy atom. The molecule has 1 aromatic carbocycles. The van der Waals surface area contributed by atoms with Gasteiger partial charge in [0.05, 0.1) is 5.92 Å². The zero-order valence-electron chi connectivity index (χ0n) is 16.1. The highest BCUT2D eigenvalue weighted by molar-refractivity contribution is 5.75. The minimum Gasteiger partial charge on any atom is -0.481 e. The Balaban J connectivity index is 0.000000506. The molecular weight excluding hydrogens is 298 g/mol. The van der Waals surface area contributed by atoms with Crippen molar-refractivity contribution >= 4 is 5.97 Å². The molecule has 3 N–H and O–H groups in total. The first kappa shape index (κ1) is 22.6. The minimum absolute atomic E-state index is 0.418. The average molecular weight is 336 g/mol. The Morgan fingerprint density at radius 2 is 1.54 bits per heavy atom. The van der Waals surface area contributed by atoms with E-state index in [4.69, 9.17) is 10.8 Å². The Morgan fingerprint density at radius 3 is 2.00 bits per heavy atom. The molecule has 3 nitrogen and oxygen atoms in total. The summed E-state index contributed by atoms with van der Waals surface area (Å²) in [5.74, 6) is -0.558. The number of hydrogen-bond acceptors (Lipinski definition) is 2. The number of nitrogens with two attached hydrogens (primary N) is 1. The average Bonchev–Trinajstić information content (AvgIpc) is 2.55. The van der Waals surface area contributed by atoms with Gasteiger partial charge < -0.3 is 10.8 Å². The zero-order chi connectivity index (χ0) is 18.4. The van der Waals surface area contributed by atoms with Crippen LogP contribution in [0.2, 0.25) is 0 Å². The van der Waals surface area contributed by atoms with Gasteiger partial charge in [-0.05, 0) is 43.4 Å². The van der Waals surface area contributed by atoms with Gasteiger partial charge in [0.25, 0.3) is 0 Å². The predicted octanol–water partition coefficient (Wildman–Crippen LogP) is 5.38. The van der Waals surface area contributed by atoms with Crippen LogP contribution < -0.4 is 5.73 Å². The lowest BCUT2D eigenvalue weighted by molar-refractivity contribution is -0.138. The van der Waals surface area contributed by atoms with Gasteiger partial charge in [-0.15, -0.1) is 0 Å². The quantitative estimate of drug-likeness (QED) is 0.564. The third-order valence-electron chi connectivity index (χ3n) is 4.05. The first-order chi connectivity index (χ1) is 11.4. The van der Waals surface area contributed by atoms with Crippen molar-refractivity contribution in [3.8, 4) is 0 Å². The summed E-state index contributed by atoms with van der Waals surface area (Å²) in [4.78, 5) is 10.8. The molecule has 0 aliphatic rings. The van der Waals surface area contributed by atoms with Gasteiger partial charge >= 0.3 is 5.97 Å². The summed E-state index contributed by atoms with van der Waals surface area (Å²) >= 11 is 0. The zero-order valence-corrected chi connectivity index (χ0v) is 16.1. The summed E-state index contributed by atoms with van der Waals surface area (Å²) in [6.07, 6.45) is 9.09. The smallest absolute Gasteiger partial charge is 0.310 e. The number of benzene rings is 1. The summed E-state index contributed by atoms with van der Waals surface area (Å²) in [5.41, 5.74) is 7.48. The molecule has 0 aliphatic heterocycles. The van der Waals surface area contributed by atoms with Crippen molar-refractivity contribution in [2.75, 3.05) is 6.54 Å². The van der Waals surface area contributed by atoms with Crippen LogP contribution in [-0.2, 0) is 11.2 Å². The van der Waals surface area contributed by atoms with Gasteiger partial charge in [0.1, 0.15) is 0 Å². The highest BCUT2D eigenvalue weighted by Gasteiger charge is 2.12. The summed E-state index contributed by atoms with van der Waals surface area (Å²) in [6, 6.07) is 7.87. The second kappa shape index (κ2) is 14.0. The monoisotopic (exact) mass is 335 g/mol. The van der Waals surface area contributed by atoms with Gasteiger partial charge in [0.15, 0.2) is 0 Å². The first-order valence-corrected chi connectivity index (χ1v) is 9.44. The number of aliphatic carboxylic acids is 1. The van der Waals surface area contributed by atoms with Crippen LogP contribution in [0.25, 0.3) is 0 Å². The van der Waals surface area contributed by atoms with E-state index in [1.54, 1.807) is 6.92 Å². The van der Waals surface area contributed by atoms with Crippen molar-refractivity contribution < 1.29 is 9.90 Å². The summed E-state index contributed by atoms with van der Waals surface area (Å²) < 4.78 is 0. The summed E-state index contributed by atoms with van der Waals surface area (Å²) in [5, 5.41) is 8.85. The Hall–Kier alpha value is -1.35. The van der Waals surface area contributed by atoms with E-state index in [0.717, 1.165) is 18.5 Å². The number of carbonyl (C=O) groups is 1. The van der Waals surface area contributed by atoms with Gasteiger partial charge in [-0.3, -0.25) is 4.79 Å². The largest absolute Gasteiger partial charge is 0.481 e. The first-order valence-electron chi connectivity index (χ1n) is 9.44. The number of carboxylic acids is 1. The fraction of sp³-hybridized carbons (Fsp3) is 0.667.